The first-order valence-corrected chi connectivity index (χ1v) is 8.89. The topological polar surface area (TPSA) is 48.5 Å². The molecular formula is C21H22N2O2. The standard InChI is InChI=1S/C21H22N2O2/c1-25-15-8-6-14(7-9-15)23-13-19-17(12-20(23)21(24)10-11-21)16-4-2-3-5-18(16)22-19/h2-9,20,22,24H,10-13H2,1H3/t20-/m0/s1. The van der Waals surface area contributed by atoms with Crippen LogP contribution >= 0.6 is 0 Å². The summed E-state index contributed by atoms with van der Waals surface area (Å²) >= 11 is 0. The number of anilines is 1. The molecule has 0 saturated heterocycles. The minimum Gasteiger partial charge on any atom is -0.497 e. The number of rotatable bonds is 3. The van der Waals surface area contributed by atoms with Crippen molar-refractivity contribution in [3.8, 4) is 5.75 Å². The minimum absolute atomic E-state index is 0.118. The maximum Gasteiger partial charge on any atom is 0.119 e. The number of aromatic amines is 1. The summed E-state index contributed by atoms with van der Waals surface area (Å²) in [6, 6.07) is 16.7. The van der Waals surface area contributed by atoms with E-state index in [2.05, 4.69) is 46.3 Å². The average Bonchev–Trinajstić information content (AvgIpc) is 3.30. The van der Waals surface area contributed by atoms with E-state index in [9.17, 15) is 5.11 Å². The predicted octanol–water partition coefficient (Wildman–Crippen LogP) is 3.63. The largest absolute Gasteiger partial charge is 0.497 e. The molecule has 0 radical (unpaired) electrons. The van der Waals surface area contributed by atoms with Crippen LogP contribution in [0.3, 0.4) is 0 Å². The third-order valence-corrected chi connectivity index (χ3v) is 5.79. The van der Waals surface area contributed by atoms with Crippen LogP contribution < -0.4 is 9.64 Å². The Balaban J connectivity index is 1.59. The number of para-hydroxylation sites is 1. The van der Waals surface area contributed by atoms with E-state index >= 15 is 0 Å². The lowest BCUT2D eigenvalue weighted by atomic mass is 9.91. The summed E-state index contributed by atoms with van der Waals surface area (Å²) in [5, 5.41) is 12.2. The number of ether oxygens (including phenoxy) is 1. The average molecular weight is 334 g/mol. The van der Waals surface area contributed by atoms with Gasteiger partial charge in [0.15, 0.2) is 0 Å². The van der Waals surface area contributed by atoms with E-state index < -0.39 is 5.60 Å². The van der Waals surface area contributed by atoms with Crippen molar-refractivity contribution in [2.24, 2.45) is 0 Å². The highest BCUT2D eigenvalue weighted by atomic mass is 16.5. The van der Waals surface area contributed by atoms with Gasteiger partial charge in [-0.05, 0) is 55.2 Å². The molecule has 1 fully saturated rings. The van der Waals surface area contributed by atoms with Crippen LogP contribution in [0.25, 0.3) is 10.9 Å². The predicted molar refractivity (Wildman–Crippen MR) is 99.2 cm³/mol. The van der Waals surface area contributed by atoms with Gasteiger partial charge in [-0.15, -0.1) is 0 Å². The molecule has 0 spiro atoms. The molecule has 4 nitrogen and oxygen atoms in total. The van der Waals surface area contributed by atoms with Gasteiger partial charge < -0.3 is 19.7 Å². The van der Waals surface area contributed by atoms with Gasteiger partial charge in [-0.3, -0.25) is 0 Å². The van der Waals surface area contributed by atoms with Crippen LogP contribution in [0.5, 0.6) is 5.75 Å². The van der Waals surface area contributed by atoms with E-state index in [1.165, 1.54) is 22.2 Å². The van der Waals surface area contributed by atoms with E-state index in [0.717, 1.165) is 37.2 Å². The highest BCUT2D eigenvalue weighted by Crippen LogP contribution is 2.46. The van der Waals surface area contributed by atoms with E-state index in [0.29, 0.717) is 0 Å². The zero-order valence-electron chi connectivity index (χ0n) is 14.3. The SMILES string of the molecule is COc1ccc(N2Cc3[nH]c4ccccc4c3C[C@H]2C2(O)CC2)cc1. The molecule has 3 aromatic rings. The Morgan fingerprint density at radius 2 is 1.88 bits per heavy atom. The summed E-state index contributed by atoms with van der Waals surface area (Å²) in [6.45, 7) is 0.795. The van der Waals surface area contributed by atoms with Crippen molar-refractivity contribution < 1.29 is 9.84 Å². The van der Waals surface area contributed by atoms with E-state index in [1.54, 1.807) is 7.11 Å². The van der Waals surface area contributed by atoms with Crippen LogP contribution in [0.15, 0.2) is 48.5 Å². The number of aromatic nitrogens is 1. The van der Waals surface area contributed by atoms with E-state index in [4.69, 9.17) is 4.74 Å². The molecule has 1 aromatic heterocycles. The van der Waals surface area contributed by atoms with Gasteiger partial charge in [0.1, 0.15) is 5.75 Å². The molecule has 4 heteroatoms. The van der Waals surface area contributed by atoms with Crippen LogP contribution in [0.4, 0.5) is 5.69 Å². The van der Waals surface area contributed by atoms with Gasteiger partial charge in [0, 0.05) is 22.3 Å². The maximum atomic E-state index is 10.9. The zero-order valence-corrected chi connectivity index (χ0v) is 14.3. The third-order valence-electron chi connectivity index (χ3n) is 5.79. The maximum absolute atomic E-state index is 10.9. The lowest BCUT2D eigenvalue weighted by molar-refractivity contribution is 0.112. The quantitative estimate of drug-likeness (QED) is 0.769. The number of hydrogen-bond acceptors (Lipinski definition) is 3. The second kappa shape index (κ2) is 5.27. The lowest BCUT2D eigenvalue weighted by Gasteiger charge is -2.40. The highest BCUT2D eigenvalue weighted by molar-refractivity contribution is 5.85. The summed E-state index contributed by atoms with van der Waals surface area (Å²) in [5.74, 6) is 0.855. The van der Waals surface area contributed by atoms with Crippen molar-refractivity contribution in [2.45, 2.75) is 37.5 Å². The fourth-order valence-electron chi connectivity index (χ4n) is 4.19. The molecule has 2 aliphatic rings. The van der Waals surface area contributed by atoms with Crippen LogP contribution in [0.2, 0.25) is 0 Å². The van der Waals surface area contributed by atoms with Crippen molar-refractivity contribution in [3.63, 3.8) is 0 Å². The van der Waals surface area contributed by atoms with Crippen molar-refractivity contribution in [3.05, 3.63) is 59.8 Å². The van der Waals surface area contributed by atoms with Crippen LogP contribution in [0.1, 0.15) is 24.1 Å². The number of H-pyrrole nitrogens is 1. The van der Waals surface area contributed by atoms with E-state index in [-0.39, 0.29) is 6.04 Å². The number of hydrogen-bond donors (Lipinski definition) is 2. The van der Waals surface area contributed by atoms with Crippen LogP contribution in [-0.4, -0.2) is 28.8 Å². The smallest absolute Gasteiger partial charge is 0.119 e. The van der Waals surface area contributed by atoms with E-state index in [1.807, 2.05) is 12.1 Å². The molecule has 2 aromatic carbocycles. The Kier molecular flexibility index (Phi) is 3.13. The molecular weight excluding hydrogens is 312 g/mol. The first-order valence-electron chi connectivity index (χ1n) is 8.89. The summed E-state index contributed by atoms with van der Waals surface area (Å²) in [6.07, 6.45) is 2.66. The normalized spacial score (nSPS) is 21.2. The molecule has 1 aliphatic carbocycles. The Morgan fingerprint density at radius 3 is 2.60 bits per heavy atom. The molecule has 0 amide bonds. The van der Waals surface area contributed by atoms with Gasteiger partial charge in [0.2, 0.25) is 0 Å². The summed E-state index contributed by atoms with van der Waals surface area (Å²) in [4.78, 5) is 5.93. The number of nitrogens with one attached hydrogen (secondary N) is 1. The Morgan fingerprint density at radius 1 is 1.12 bits per heavy atom. The second-order valence-electron chi connectivity index (χ2n) is 7.28. The third kappa shape index (κ3) is 2.32. The molecule has 1 aliphatic heterocycles. The Bertz CT molecular complexity index is 925. The van der Waals surface area contributed by atoms with Gasteiger partial charge in [-0.25, -0.2) is 0 Å². The molecule has 0 bridgehead atoms. The number of aliphatic hydroxyl groups is 1. The summed E-state index contributed by atoms with van der Waals surface area (Å²) in [5.41, 5.74) is 4.39. The molecule has 2 heterocycles. The zero-order chi connectivity index (χ0) is 17.0. The van der Waals surface area contributed by atoms with Crippen molar-refractivity contribution in [1.29, 1.82) is 0 Å². The van der Waals surface area contributed by atoms with Crippen LogP contribution in [-0.2, 0) is 13.0 Å². The molecule has 25 heavy (non-hydrogen) atoms. The summed E-state index contributed by atoms with van der Waals surface area (Å²) < 4.78 is 5.29. The number of benzene rings is 2. The van der Waals surface area contributed by atoms with Gasteiger partial charge in [0.25, 0.3) is 0 Å². The van der Waals surface area contributed by atoms with Gasteiger partial charge in [-0.1, -0.05) is 18.2 Å². The van der Waals surface area contributed by atoms with Crippen molar-refractivity contribution >= 4 is 16.6 Å². The fourth-order valence-corrected chi connectivity index (χ4v) is 4.19. The number of methoxy groups -OCH3 is 1. The van der Waals surface area contributed by atoms with Gasteiger partial charge in [0.05, 0.1) is 25.3 Å². The highest BCUT2D eigenvalue weighted by Gasteiger charge is 2.51. The van der Waals surface area contributed by atoms with Crippen molar-refractivity contribution in [2.75, 3.05) is 12.0 Å². The number of nitrogens with zero attached hydrogens (tertiary/aromatic N) is 1. The van der Waals surface area contributed by atoms with Crippen LogP contribution in [0, 0.1) is 0 Å². The number of fused-ring (bicyclic) bond motifs is 3. The molecule has 5 rings (SSSR count). The second-order valence-corrected chi connectivity index (χ2v) is 7.28. The summed E-state index contributed by atoms with van der Waals surface area (Å²) in [7, 11) is 1.68. The molecule has 128 valence electrons. The van der Waals surface area contributed by atoms with Crippen molar-refractivity contribution in [1.82, 2.24) is 4.98 Å². The molecule has 1 atom stereocenters. The molecule has 0 unspecified atom stereocenters. The molecule has 2 N–H and O–H groups in total. The first kappa shape index (κ1) is 14.8. The fraction of sp³-hybridized carbons (Fsp3) is 0.333. The van der Waals surface area contributed by atoms with Gasteiger partial charge >= 0.3 is 0 Å². The Labute approximate surface area is 147 Å². The minimum atomic E-state index is -0.560. The first-order chi connectivity index (χ1) is 12.2. The lowest BCUT2D eigenvalue weighted by Crippen LogP contribution is -2.49. The Hall–Kier alpha value is -2.46. The molecule has 1 saturated carbocycles. The van der Waals surface area contributed by atoms with Gasteiger partial charge in [-0.2, -0.15) is 0 Å². The monoisotopic (exact) mass is 334 g/mol.